The first-order valence-electron chi connectivity index (χ1n) is 6.10. The first-order chi connectivity index (χ1) is 7.86. The second-order valence-electron chi connectivity index (χ2n) is 4.87. The van der Waals surface area contributed by atoms with E-state index in [0.717, 1.165) is 0 Å². The minimum atomic E-state index is -4.10. The van der Waals surface area contributed by atoms with Crippen molar-refractivity contribution in [3.63, 3.8) is 0 Å². The van der Waals surface area contributed by atoms with Gasteiger partial charge in [0, 0.05) is 31.7 Å². The second-order valence-corrected chi connectivity index (χ2v) is 4.87. The zero-order chi connectivity index (χ0) is 13.1. The molecule has 6 heteroatoms. The summed E-state index contributed by atoms with van der Waals surface area (Å²) in [7, 11) is 0. The first kappa shape index (κ1) is 14.7. The molecule has 1 aliphatic heterocycles. The van der Waals surface area contributed by atoms with Crippen LogP contribution in [0.25, 0.3) is 0 Å². The lowest BCUT2D eigenvalue weighted by molar-refractivity contribution is -0.177. The van der Waals surface area contributed by atoms with Gasteiger partial charge in [0.1, 0.15) is 0 Å². The van der Waals surface area contributed by atoms with Gasteiger partial charge in [0.2, 0.25) is 0 Å². The lowest BCUT2D eigenvalue weighted by Gasteiger charge is -2.31. The first-order valence-corrected chi connectivity index (χ1v) is 6.10. The van der Waals surface area contributed by atoms with E-state index in [1.165, 1.54) is 0 Å². The fraction of sp³-hybridized carbons (Fsp3) is 1.00. The van der Waals surface area contributed by atoms with Crippen molar-refractivity contribution in [2.45, 2.75) is 38.5 Å². The minimum Gasteiger partial charge on any atom is -0.329 e. The number of halogens is 3. The molecule has 0 aromatic rings. The number of hydrogen-bond donors (Lipinski definition) is 2. The Balaban J connectivity index is 2.59. The summed E-state index contributed by atoms with van der Waals surface area (Å²) in [6.45, 7) is 5.94. The van der Waals surface area contributed by atoms with Crippen molar-refractivity contribution in [2.24, 2.45) is 11.7 Å². The van der Waals surface area contributed by atoms with E-state index in [1.54, 1.807) is 0 Å². The Morgan fingerprint density at radius 2 is 2.06 bits per heavy atom. The highest BCUT2D eigenvalue weighted by atomic mass is 19.4. The summed E-state index contributed by atoms with van der Waals surface area (Å²) in [4.78, 5) is 2.00. The van der Waals surface area contributed by atoms with Gasteiger partial charge < -0.3 is 11.1 Å². The van der Waals surface area contributed by atoms with Crippen LogP contribution in [0.3, 0.4) is 0 Å². The molecular weight excluding hydrogens is 231 g/mol. The molecule has 1 aliphatic rings. The van der Waals surface area contributed by atoms with Gasteiger partial charge >= 0.3 is 6.18 Å². The van der Waals surface area contributed by atoms with Gasteiger partial charge in [0.05, 0.1) is 5.92 Å². The highest BCUT2D eigenvalue weighted by molar-refractivity contribution is 4.90. The molecule has 1 heterocycles. The molecule has 2 atom stereocenters. The third-order valence-corrected chi connectivity index (χ3v) is 3.35. The van der Waals surface area contributed by atoms with Crippen LogP contribution in [-0.2, 0) is 0 Å². The highest BCUT2D eigenvalue weighted by Crippen LogP contribution is 2.34. The maximum Gasteiger partial charge on any atom is 0.393 e. The summed E-state index contributed by atoms with van der Waals surface area (Å²) in [5, 5.41) is 2.95. The van der Waals surface area contributed by atoms with Crippen molar-refractivity contribution in [1.82, 2.24) is 10.2 Å². The summed E-state index contributed by atoms with van der Waals surface area (Å²) in [5.41, 5.74) is 5.48. The molecular formula is C11H22F3N3. The number of alkyl halides is 3. The molecule has 1 saturated heterocycles. The fourth-order valence-electron chi connectivity index (χ4n) is 2.33. The molecule has 0 radical (unpaired) electrons. The Labute approximate surface area is 101 Å². The van der Waals surface area contributed by atoms with E-state index < -0.39 is 18.1 Å². The van der Waals surface area contributed by atoms with E-state index in [4.69, 9.17) is 5.73 Å². The van der Waals surface area contributed by atoms with Gasteiger partial charge in [-0.05, 0) is 26.8 Å². The molecule has 17 heavy (non-hydrogen) atoms. The van der Waals surface area contributed by atoms with Crippen molar-refractivity contribution >= 4 is 0 Å². The smallest absolute Gasteiger partial charge is 0.329 e. The van der Waals surface area contributed by atoms with Crippen LogP contribution in [0.15, 0.2) is 0 Å². The van der Waals surface area contributed by atoms with Gasteiger partial charge in [-0.25, -0.2) is 0 Å². The van der Waals surface area contributed by atoms with E-state index in [2.05, 4.69) is 5.32 Å². The van der Waals surface area contributed by atoms with Crippen LogP contribution >= 0.6 is 0 Å². The van der Waals surface area contributed by atoms with E-state index in [-0.39, 0.29) is 12.5 Å². The molecule has 3 nitrogen and oxygen atoms in total. The molecule has 0 amide bonds. The van der Waals surface area contributed by atoms with Crippen LogP contribution in [0.4, 0.5) is 13.2 Å². The Kier molecular flexibility index (Phi) is 5.22. The van der Waals surface area contributed by atoms with Crippen molar-refractivity contribution in [1.29, 1.82) is 0 Å². The lowest BCUT2D eigenvalue weighted by atomic mass is 9.99. The Hall–Kier alpha value is -0.330. The van der Waals surface area contributed by atoms with Gasteiger partial charge in [-0.15, -0.1) is 0 Å². The zero-order valence-electron chi connectivity index (χ0n) is 10.4. The molecule has 1 fully saturated rings. The number of nitrogens with one attached hydrogen (secondary N) is 1. The molecule has 0 aliphatic carbocycles. The van der Waals surface area contributed by atoms with Crippen LogP contribution in [0.1, 0.15) is 20.3 Å². The number of nitrogens with zero attached hydrogens (tertiary/aromatic N) is 1. The van der Waals surface area contributed by atoms with E-state index in [9.17, 15) is 13.2 Å². The quantitative estimate of drug-likeness (QED) is 0.773. The predicted octanol–water partition coefficient (Wildman–Crippen LogP) is 1.20. The summed E-state index contributed by atoms with van der Waals surface area (Å²) in [5.74, 6) is -1.22. The minimum absolute atomic E-state index is 0.183. The molecule has 3 N–H and O–H groups in total. The number of rotatable bonds is 5. The average molecular weight is 253 g/mol. The molecule has 0 bridgehead atoms. The van der Waals surface area contributed by atoms with Crippen LogP contribution in [-0.4, -0.2) is 49.3 Å². The molecule has 0 aromatic heterocycles. The summed E-state index contributed by atoms with van der Waals surface area (Å²) in [6.07, 6.45) is -3.91. The monoisotopic (exact) mass is 253 g/mol. The molecule has 0 saturated carbocycles. The average Bonchev–Trinajstić information content (AvgIpc) is 2.64. The number of nitrogens with two attached hydrogens (primary N) is 1. The van der Waals surface area contributed by atoms with Crippen molar-refractivity contribution in [3.05, 3.63) is 0 Å². The maximum absolute atomic E-state index is 12.8. The summed E-state index contributed by atoms with van der Waals surface area (Å²) in [6, 6.07) is -0.279. The Bertz CT molecular complexity index is 230. The third kappa shape index (κ3) is 4.12. The molecule has 1 rings (SSSR count). The van der Waals surface area contributed by atoms with Crippen LogP contribution < -0.4 is 11.1 Å². The van der Waals surface area contributed by atoms with E-state index >= 15 is 0 Å². The summed E-state index contributed by atoms with van der Waals surface area (Å²) < 4.78 is 38.3. The van der Waals surface area contributed by atoms with Crippen molar-refractivity contribution < 1.29 is 13.2 Å². The van der Waals surface area contributed by atoms with Crippen LogP contribution in [0.5, 0.6) is 0 Å². The Morgan fingerprint density at radius 1 is 1.41 bits per heavy atom. The molecule has 0 aromatic carbocycles. The molecule has 0 spiro atoms. The topological polar surface area (TPSA) is 41.3 Å². The van der Waals surface area contributed by atoms with Gasteiger partial charge in [-0.1, -0.05) is 0 Å². The van der Waals surface area contributed by atoms with Gasteiger partial charge in [-0.2, -0.15) is 13.2 Å². The summed E-state index contributed by atoms with van der Waals surface area (Å²) >= 11 is 0. The van der Waals surface area contributed by atoms with E-state index in [0.29, 0.717) is 26.2 Å². The normalized spacial score (nSPS) is 26.1. The zero-order valence-corrected chi connectivity index (χ0v) is 10.4. The van der Waals surface area contributed by atoms with Crippen LogP contribution in [0, 0.1) is 5.92 Å². The molecule has 102 valence electrons. The van der Waals surface area contributed by atoms with E-state index in [1.807, 2.05) is 18.7 Å². The van der Waals surface area contributed by atoms with Gasteiger partial charge in [-0.3, -0.25) is 4.90 Å². The Morgan fingerprint density at radius 3 is 2.53 bits per heavy atom. The van der Waals surface area contributed by atoms with Crippen molar-refractivity contribution in [3.8, 4) is 0 Å². The lowest BCUT2D eigenvalue weighted by Crippen LogP contribution is -2.48. The van der Waals surface area contributed by atoms with Gasteiger partial charge in [0.25, 0.3) is 0 Å². The standard InChI is InChI=1S/C11H22F3N3/c1-8(2)17(6-4-15)7-10-9(3-5-16-10)11(12,13)14/h8-10,16H,3-7,15H2,1-2H3. The predicted molar refractivity (Wildman–Crippen MR) is 61.7 cm³/mol. The SMILES string of the molecule is CC(C)N(CCN)CC1NCCC1C(F)(F)F. The third-order valence-electron chi connectivity index (χ3n) is 3.35. The fourth-order valence-corrected chi connectivity index (χ4v) is 2.33. The van der Waals surface area contributed by atoms with Gasteiger partial charge in [0.15, 0.2) is 0 Å². The molecule has 2 unspecified atom stereocenters. The maximum atomic E-state index is 12.8. The number of hydrogen-bond acceptors (Lipinski definition) is 3. The second kappa shape index (κ2) is 6.02. The van der Waals surface area contributed by atoms with Crippen molar-refractivity contribution in [2.75, 3.05) is 26.2 Å². The largest absolute Gasteiger partial charge is 0.393 e. The highest BCUT2D eigenvalue weighted by Gasteiger charge is 2.47. The van der Waals surface area contributed by atoms with Crippen LogP contribution in [0.2, 0.25) is 0 Å².